The smallest absolute Gasteiger partial charge is 0.202 e. The van der Waals surface area contributed by atoms with Gasteiger partial charge in [0.25, 0.3) is 0 Å². The van der Waals surface area contributed by atoms with Crippen LogP contribution in [-0.4, -0.2) is 34.0 Å². The normalized spacial score (nSPS) is 27.8. The lowest BCUT2D eigenvalue weighted by atomic mass is 9.91. The van der Waals surface area contributed by atoms with Gasteiger partial charge in [-0.15, -0.1) is 0 Å². The Morgan fingerprint density at radius 3 is 2.19 bits per heavy atom. The monoisotopic (exact) mass is 410 g/mol. The highest BCUT2D eigenvalue weighted by Crippen LogP contribution is 2.41. The predicted molar refractivity (Wildman–Crippen MR) is 113 cm³/mol. The zero-order valence-corrected chi connectivity index (χ0v) is 19.4. The van der Waals surface area contributed by atoms with Crippen LogP contribution >= 0.6 is 0 Å². The van der Waals surface area contributed by atoms with Crippen LogP contribution in [0, 0.1) is 11.8 Å². The summed E-state index contributed by atoms with van der Waals surface area (Å²) in [5.74, 6) is -0.618. The molecule has 4 atom stereocenters. The first-order valence-corrected chi connectivity index (χ1v) is 14.0. The van der Waals surface area contributed by atoms with Crippen molar-refractivity contribution in [2.24, 2.45) is 11.8 Å². The average Bonchev–Trinajstić information content (AvgIpc) is 2.67. The van der Waals surface area contributed by atoms with Crippen LogP contribution in [-0.2, 0) is 14.3 Å². The Morgan fingerprint density at radius 2 is 1.67 bits per heavy atom. The molecular formula is C21H34O4SSi. The van der Waals surface area contributed by atoms with Crippen LogP contribution in [0.4, 0.5) is 0 Å². The molecule has 0 heterocycles. The third-order valence-electron chi connectivity index (χ3n) is 6.25. The topological polar surface area (TPSA) is 63.6 Å². The molecule has 1 aromatic rings. The highest BCUT2D eigenvalue weighted by atomic mass is 32.2. The summed E-state index contributed by atoms with van der Waals surface area (Å²) in [7, 11) is -5.66. The minimum Gasteiger partial charge on any atom is -0.413 e. The SMILES string of the molecule is CC1C(O[Si](C)(C)C(C)(C)C)CC=C(S(=O)(=O)c2ccccc2)[C@H](C)[C@H]1O. The second-order valence-corrected chi connectivity index (χ2v) is 15.9. The molecule has 0 radical (unpaired) electrons. The number of benzene rings is 1. The van der Waals surface area contributed by atoms with Crippen molar-refractivity contribution in [2.45, 2.75) is 76.3 Å². The standard InChI is InChI=1S/C21H34O4SSi/c1-15-18(25-27(6,7)21(3,4)5)13-14-19(16(2)20(15)22)26(23,24)17-11-9-8-10-12-17/h8-12,14-16,18,20,22H,13H2,1-7H3/t15?,16-,18?,20-/m0/s1. The van der Waals surface area contributed by atoms with Crippen molar-refractivity contribution in [1.82, 2.24) is 0 Å². The van der Waals surface area contributed by atoms with Gasteiger partial charge in [0.15, 0.2) is 8.32 Å². The van der Waals surface area contributed by atoms with Gasteiger partial charge in [-0.05, 0) is 36.7 Å². The number of hydrogen-bond donors (Lipinski definition) is 1. The lowest BCUT2D eigenvalue weighted by Crippen LogP contribution is -2.47. The van der Waals surface area contributed by atoms with Gasteiger partial charge in [-0.1, -0.05) is 58.9 Å². The van der Waals surface area contributed by atoms with Gasteiger partial charge in [-0.2, -0.15) is 0 Å². The second-order valence-electron chi connectivity index (χ2n) is 9.21. The molecule has 0 bridgehead atoms. The first kappa shape index (κ1) is 22.3. The summed E-state index contributed by atoms with van der Waals surface area (Å²) >= 11 is 0. The Kier molecular flexibility index (Phi) is 6.47. The van der Waals surface area contributed by atoms with Crippen LogP contribution in [0.1, 0.15) is 41.0 Å². The highest BCUT2D eigenvalue weighted by Gasteiger charge is 2.43. The van der Waals surface area contributed by atoms with Crippen LogP contribution in [0.3, 0.4) is 0 Å². The molecule has 1 aliphatic rings. The fourth-order valence-corrected chi connectivity index (χ4v) is 6.43. The number of sulfone groups is 1. The Labute approximate surface area is 165 Å². The molecule has 0 saturated carbocycles. The summed E-state index contributed by atoms with van der Waals surface area (Å²) in [6, 6.07) is 8.44. The molecule has 0 amide bonds. The Morgan fingerprint density at radius 1 is 1.11 bits per heavy atom. The molecule has 0 aromatic heterocycles. The minimum absolute atomic E-state index is 0.0538. The van der Waals surface area contributed by atoms with E-state index in [1.807, 2.05) is 6.92 Å². The summed E-state index contributed by atoms with van der Waals surface area (Å²) in [5, 5.41) is 11.0. The molecule has 1 aromatic carbocycles. The van der Waals surface area contributed by atoms with Crippen molar-refractivity contribution in [2.75, 3.05) is 0 Å². The summed E-state index contributed by atoms with van der Waals surface area (Å²) in [6.07, 6.45) is 1.31. The second kappa shape index (κ2) is 7.82. The van der Waals surface area contributed by atoms with E-state index in [0.717, 1.165) is 0 Å². The zero-order valence-electron chi connectivity index (χ0n) is 17.6. The van der Waals surface area contributed by atoms with Crippen LogP contribution in [0.5, 0.6) is 0 Å². The van der Waals surface area contributed by atoms with E-state index in [1.165, 1.54) is 0 Å². The van der Waals surface area contributed by atoms with Crippen LogP contribution in [0.15, 0.2) is 46.2 Å². The van der Waals surface area contributed by atoms with Crippen molar-refractivity contribution in [3.05, 3.63) is 41.3 Å². The Balaban J connectivity index is 2.39. The van der Waals surface area contributed by atoms with Gasteiger partial charge in [0.05, 0.1) is 22.0 Å². The van der Waals surface area contributed by atoms with Crippen molar-refractivity contribution in [3.8, 4) is 0 Å². The number of rotatable bonds is 4. The highest BCUT2D eigenvalue weighted by molar-refractivity contribution is 7.95. The van der Waals surface area contributed by atoms with Gasteiger partial charge in [-0.3, -0.25) is 0 Å². The average molecular weight is 411 g/mol. The molecule has 0 fully saturated rings. The van der Waals surface area contributed by atoms with E-state index in [2.05, 4.69) is 33.9 Å². The van der Waals surface area contributed by atoms with E-state index in [1.54, 1.807) is 43.3 Å². The van der Waals surface area contributed by atoms with E-state index < -0.39 is 30.2 Å². The first-order valence-electron chi connectivity index (χ1n) is 9.65. The third kappa shape index (κ3) is 4.55. The van der Waals surface area contributed by atoms with Crippen LogP contribution in [0.2, 0.25) is 18.1 Å². The molecule has 1 aliphatic carbocycles. The molecule has 0 saturated heterocycles. The quantitative estimate of drug-likeness (QED) is 0.726. The van der Waals surface area contributed by atoms with Crippen molar-refractivity contribution in [3.63, 3.8) is 0 Å². The molecule has 2 rings (SSSR count). The van der Waals surface area contributed by atoms with Gasteiger partial charge >= 0.3 is 0 Å². The summed E-state index contributed by atoms with van der Waals surface area (Å²) in [6.45, 7) is 14.7. The predicted octanol–water partition coefficient (Wildman–Crippen LogP) is 4.77. The number of aliphatic hydroxyl groups excluding tert-OH is 1. The Bertz CT molecular complexity index is 778. The van der Waals surface area contributed by atoms with E-state index in [4.69, 9.17) is 4.43 Å². The molecular weight excluding hydrogens is 376 g/mol. The lowest BCUT2D eigenvalue weighted by molar-refractivity contribution is 0.0149. The van der Waals surface area contributed by atoms with Crippen LogP contribution < -0.4 is 0 Å². The minimum atomic E-state index is -3.63. The van der Waals surface area contributed by atoms with Crippen molar-refractivity contribution in [1.29, 1.82) is 0 Å². The molecule has 152 valence electrons. The molecule has 6 heteroatoms. The van der Waals surface area contributed by atoms with E-state index in [9.17, 15) is 13.5 Å². The molecule has 0 spiro atoms. The van der Waals surface area contributed by atoms with Gasteiger partial charge in [0.2, 0.25) is 9.84 Å². The molecule has 0 aliphatic heterocycles. The number of hydrogen-bond acceptors (Lipinski definition) is 4. The van der Waals surface area contributed by atoms with E-state index in [0.29, 0.717) is 11.3 Å². The molecule has 27 heavy (non-hydrogen) atoms. The summed E-state index contributed by atoms with van der Waals surface area (Å²) < 4.78 is 32.8. The van der Waals surface area contributed by atoms with E-state index >= 15 is 0 Å². The lowest BCUT2D eigenvalue weighted by Gasteiger charge is -2.41. The van der Waals surface area contributed by atoms with Gasteiger partial charge in [0, 0.05) is 11.8 Å². The largest absolute Gasteiger partial charge is 0.413 e. The van der Waals surface area contributed by atoms with Gasteiger partial charge < -0.3 is 9.53 Å². The fraction of sp³-hybridized carbons (Fsp3) is 0.619. The van der Waals surface area contributed by atoms with Gasteiger partial charge in [0.1, 0.15) is 0 Å². The zero-order chi connectivity index (χ0) is 20.6. The number of aliphatic hydroxyl groups is 1. The van der Waals surface area contributed by atoms with E-state index in [-0.39, 0.29) is 22.0 Å². The maximum absolute atomic E-state index is 13.1. The molecule has 1 N–H and O–H groups in total. The van der Waals surface area contributed by atoms with Gasteiger partial charge in [-0.25, -0.2) is 8.42 Å². The molecule has 4 nitrogen and oxygen atoms in total. The summed E-state index contributed by atoms with van der Waals surface area (Å²) in [5.41, 5.74) is 0. The fourth-order valence-electron chi connectivity index (χ4n) is 3.28. The Hall–Kier alpha value is -0.953. The molecule has 2 unspecified atom stereocenters. The maximum Gasteiger partial charge on any atom is 0.202 e. The van der Waals surface area contributed by atoms with Crippen molar-refractivity contribution >= 4 is 18.2 Å². The van der Waals surface area contributed by atoms with Crippen molar-refractivity contribution < 1.29 is 18.0 Å². The van der Waals surface area contributed by atoms with Crippen LogP contribution in [0.25, 0.3) is 0 Å². The first-order chi connectivity index (χ1) is 12.3. The third-order valence-corrected chi connectivity index (χ3v) is 12.8. The summed E-state index contributed by atoms with van der Waals surface area (Å²) in [4.78, 5) is 0.570. The maximum atomic E-state index is 13.1.